The van der Waals surface area contributed by atoms with E-state index >= 15 is 0 Å². The molecule has 1 rings (SSSR count). The van der Waals surface area contributed by atoms with Gasteiger partial charge in [0.1, 0.15) is 36.6 Å². The van der Waals surface area contributed by atoms with Crippen LogP contribution in [0.3, 0.4) is 0 Å². The van der Waals surface area contributed by atoms with Crippen LogP contribution in [0.5, 0.6) is 0 Å². The second-order valence-electron chi connectivity index (χ2n) is 5.87. The van der Waals surface area contributed by atoms with E-state index in [2.05, 4.69) is 6.92 Å². The zero-order valence-corrected chi connectivity index (χ0v) is 13.0. The number of hydrogen-bond acceptors (Lipinski definition) is 7. The van der Waals surface area contributed by atoms with Gasteiger partial charge in [0.05, 0.1) is 6.61 Å². The summed E-state index contributed by atoms with van der Waals surface area (Å²) in [6, 6.07) is 0. The summed E-state index contributed by atoms with van der Waals surface area (Å²) in [7, 11) is 0. The first-order valence-corrected chi connectivity index (χ1v) is 7.95. The van der Waals surface area contributed by atoms with E-state index in [0.29, 0.717) is 6.42 Å². The molecule has 6 atom stereocenters. The third-order valence-electron chi connectivity index (χ3n) is 4.10. The molecule has 1 aliphatic heterocycles. The third-order valence-corrected chi connectivity index (χ3v) is 4.10. The van der Waals surface area contributed by atoms with Gasteiger partial charge in [0.2, 0.25) is 0 Å². The third kappa shape index (κ3) is 4.97. The van der Waals surface area contributed by atoms with Crippen molar-refractivity contribution in [2.45, 2.75) is 82.1 Å². The molecule has 7 heteroatoms. The molecule has 0 aliphatic carbocycles. The van der Waals surface area contributed by atoms with Gasteiger partial charge in [0, 0.05) is 6.42 Å². The molecule has 0 spiro atoms. The summed E-state index contributed by atoms with van der Waals surface area (Å²) in [6.45, 7) is 1.51. The Morgan fingerprint density at radius 3 is 2.27 bits per heavy atom. The number of aliphatic hydroxyl groups excluding tert-OH is 5. The van der Waals surface area contributed by atoms with Crippen molar-refractivity contribution in [1.82, 2.24) is 0 Å². The molecule has 0 radical (unpaired) electrons. The number of carbonyl (C=O) groups is 1. The SMILES string of the molecule is CCCCCCCC(=O)C(O)C1O[C@H](CO)[C@@H](O)[C@H](O)[C@H]1O. The Labute approximate surface area is 130 Å². The van der Waals surface area contributed by atoms with Gasteiger partial charge in [-0.3, -0.25) is 4.79 Å². The zero-order valence-electron chi connectivity index (χ0n) is 13.0. The maximum atomic E-state index is 12.0. The number of unbranched alkanes of at least 4 members (excludes halogenated alkanes) is 4. The standard InChI is InChI=1S/C15H28O7/c1-2-3-4-5-6-7-9(17)11(18)15-14(21)13(20)12(19)10(8-16)22-15/h10-16,18-21H,2-8H2,1H3/t10-,11?,12-,13+,14-,15?/m1/s1. The van der Waals surface area contributed by atoms with E-state index in [4.69, 9.17) is 9.84 Å². The fourth-order valence-corrected chi connectivity index (χ4v) is 2.63. The molecule has 0 amide bonds. The Bertz CT molecular complexity index is 334. The minimum absolute atomic E-state index is 0.167. The van der Waals surface area contributed by atoms with Gasteiger partial charge < -0.3 is 30.3 Å². The summed E-state index contributed by atoms with van der Waals surface area (Å²) in [4.78, 5) is 12.0. The highest BCUT2D eigenvalue weighted by Crippen LogP contribution is 2.24. The van der Waals surface area contributed by atoms with Crippen molar-refractivity contribution in [3.8, 4) is 0 Å². The average molecular weight is 320 g/mol. The van der Waals surface area contributed by atoms with Crippen molar-refractivity contribution >= 4 is 5.78 Å². The summed E-state index contributed by atoms with van der Waals surface area (Å²) in [6.07, 6.45) is -3.78. The summed E-state index contributed by atoms with van der Waals surface area (Å²) in [5.41, 5.74) is 0. The molecule has 1 fully saturated rings. The largest absolute Gasteiger partial charge is 0.394 e. The Morgan fingerprint density at radius 1 is 1.05 bits per heavy atom. The van der Waals surface area contributed by atoms with Crippen LogP contribution < -0.4 is 0 Å². The van der Waals surface area contributed by atoms with Gasteiger partial charge in [-0.25, -0.2) is 0 Å². The van der Waals surface area contributed by atoms with E-state index in [1.54, 1.807) is 0 Å². The van der Waals surface area contributed by atoms with Crippen molar-refractivity contribution < 1.29 is 35.1 Å². The molecular weight excluding hydrogens is 292 g/mol. The predicted molar refractivity (Wildman–Crippen MR) is 78.2 cm³/mol. The number of ketones is 1. The second kappa shape index (κ2) is 9.54. The van der Waals surface area contributed by atoms with Crippen LogP contribution in [0.15, 0.2) is 0 Å². The quantitative estimate of drug-likeness (QED) is 0.349. The van der Waals surface area contributed by atoms with Crippen LogP contribution >= 0.6 is 0 Å². The van der Waals surface area contributed by atoms with E-state index in [9.17, 15) is 25.2 Å². The highest BCUT2D eigenvalue weighted by Gasteiger charge is 2.47. The lowest BCUT2D eigenvalue weighted by molar-refractivity contribution is -0.246. The number of ether oxygens (including phenoxy) is 1. The van der Waals surface area contributed by atoms with Crippen LogP contribution in [0, 0.1) is 0 Å². The van der Waals surface area contributed by atoms with Gasteiger partial charge in [-0.05, 0) is 6.42 Å². The average Bonchev–Trinajstić information content (AvgIpc) is 2.52. The van der Waals surface area contributed by atoms with Gasteiger partial charge in [-0.1, -0.05) is 32.6 Å². The predicted octanol–water partition coefficient (Wildman–Crippen LogP) is -0.881. The maximum absolute atomic E-state index is 12.0. The molecule has 2 unspecified atom stereocenters. The normalized spacial score (nSPS) is 33.6. The fraction of sp³-hybridized carbons (Fsp3) is 0.933. The van der Waals surface area contributed by atoms with Crippen molar-refractivity contribution in [1.29, 1.82) is 0 Å². The summed E-state index contributed by atoms with van der Waals surface area (Å²) in [5, 5.41) is 48.3. The fourth-order valence-electron chi connectivity index (χ4n) is 2.63. The van der Waals surface area contributed by atoms with Crippen LogP contribution in [-0.4, -0.2) is 74.5 Å². The van der Waals surface area contributed by atoms with E-state index in [1.165, 1.54) is 0 Å². The Hall–Kier alpha value is -0.570. The molecule has 7 nitrogen and oxygen atoms in total. The zero-order chi connectivity index (χ0) is 16.7. The van der Waals surface area contributed by atoms with Crippen LogP contribution in [0.2, 0.25) is 0 Å². The molecule has 5 N–H and O–H groups in total. The van der Waals surface area contributed by atoms with Crippen molar-refractivity contribution in [2.75, 3.05) is 6.61 Å². The summed E-state index contributed by atoms with van der Waals surface area (Å²) in [5.74, 6) is -0.471. The molecule has 0 aromatic rings. The Morgan fingerprint density at radius 2 is 1.68 bits per heavy atom. The second-order valence-corrected chi connectivity index (χ2v) is 5.87. The van der Waals surface area contributed by atoms with E-state index in [0.717, 1.165) is 25.7 Å². The molecule has 22 heavy (non-hydrogen) atoms. The van der Waals surface area contributed by atoms with E-state index in [-0.39, 0.29) is 6.42 Å². The van der Waals surface area contributed by atoms with Gasteiger partial charge in [0.15, 0.2) is 5.78 Å². The maximum Gasteiger partial charge on any atom is 0.164 e. The van der Waals surface area contributed by atoms with E-state index in [1.807, 2.05) is 0 Å². The summed E-state index contributed by atoms with van der Waals surface area (Å²) < 4.78 is 5.18. The molecule has 0 saturated carbocycles. The monoisotopic (exact) mass is 320 g/mol. The lowest BCUT2D eigenvalue weighted by atomic mass is 9.90. The van der Waals surface area contributed by atoms with Gasteiger partial charge in [-0.2, -0.15) is 0 Å². The molecular formula is C15H28O7. The highest BCUT2D eigenvalue weighted by molar-refractivity contribution is 5.83. The van der Waals surface area contributed by atoms with Crippen molar-refractivity contribution in [2.24, 2.45) is 0 Å². The minimum atomic E-state index is -1.59. The van der Waals surface area contributed by atoms with Crippen molar-refractivity contribution in [3.63, 3.8) is 0 Å². The van der Waals surface area contributed by atoms with Gasteiger partial charge in [-0.15, -0.1) is 0 Å². The van der Waals surface area contributed by atoms with Crippen LogP contribution in [0.4, 0.5) is 0 Å². The topological polar surface area (TPSA) is 127 Å². The smallest absolute Gasteiger partial charge is 0.164 e. The summed E-state index contributed by atoms with van der Waals surface area (Å²) >= 11 is 0. The number of aliphatic hydroxyl groups is 5. The lowest BCUT2D eigenvalue weighted by Crippen LogP contribution is -2.62. The number of rotatable bonds is 9. The molecule has 0 aromatic carbocycles. The molecule has 0 aromatic heterocycles. The lowest BCUT2D eigenvalue weighted by Gasteiger charge is -2.41. The molecule has 1 saturated heterocycles. The van der Waals surface area contributed by atoms with Crippen LogP contribution in [-0.2, 0) is 9.53 Å². The van der Waals surface area contributed by atoms with Gasteiger partial charge in [0.25, 0.3) is 0 Å². The molecule has 0 bridgehead atoms. The Balaban J connectivity index is 2.51. The number of carbonyl (C=O) groups excluding carboxylic acids is 1. The van der Waals surface area contributed by atoms with Crippen molar-refractivity contribution in [3.05, 3.63) is 0 Å². The van der Waals surface area contributed by atoms with Gasteiger partial charge >= 0.3 is 0 Å². The van der Waals surface area contributed by atoms with E-state index < -0.39 is 49.0 Å². The Kier molecular flexibility index (Phi) is 8.45. The molecule has 1 aliphatic rings. The number of hydrogen-bond donors (Lipinski definition) is 5. The first-order valence-electron chi connectivity index (χ1n) is 7.95. The molecule has 1 heterocycles. The minimum Gasteiger partial charge on any atom is -0.394 e. The van der Waals surface area contributed by atoms with Crippen LogP contribution in [0.25, 0.3) is 0 Å². The highest BCUT2D eigenvalue weighted by atomic mass is 16.6. The molecule has 130 valence electrons. The first kappa shape index (κ1) is 19.5. The first-order chi connectivity index (χ1) is 10.4. The van der Waals surface area contributed by atoms with Crippen LogP contribution in [0.1, 0.15) is 45.4 Å². The number of Topliss-reactive ketones (excluding diaryl/α,β-unsaturated/α-hetero) is 1.